The number of fused-ring (bicyclic) bond motifs is 2. The smallest absolute Gasteiger partial charge is 0.170 e. The van der Waals surface area contributed by atoms with Gasteiger partial charge in [0.25, 0.3) is 0 Å². The number of methoxy groups -OCH3 is 1. The third-order valence-corrected chi connectivity index (χ3v) is 5.98. The molecule has 0 amide bonds. The molecular weight excluding hydrogens is 296 g/mol. The minimum Gasteiger partial charge on any atom is -0.497 e. The molecular formula is C22H18O2. The van der Waals surface area contributed by atoms with Gasteiger partial charge in [0, 0.05) is 17.8 Å². The van der Waals surface area contributed by atoms with Crippen LogP contribution in [0.15, 0.2) is 72.8 Å². The minimum atomic E-state index is -0.589. The van der Waals surface area contributed by atoms with Gasteiger partial charge in [0.2, 0.25) is 0 Å². The SMILES string of the molecule is COc1ccc([C@]23C=C[C@H](C=CC2=O)[C@H]2c4ccccc4[C@H]23)cc1. The van der Waals surface area contributed by atoms with Crippen molar-refractivity contribution >= 4 is 5.78 Å². The molecule has 0 heterocycles. The lowest BCUT2D eigenvalue weighted by Crippen LogP contribution is -2.48. The molecule has 0 unspecified atom stereocenters. The lowest BCUT2D eigenvalue weighted by atomic mass is 9.49. The molecule has 0 fully saturated rings. The van der Waals surface area contributed by atoms with Crippen LogP contribution in [0.3, 0.4) is 0 Å². The average Bonchev–Trinajstić information content (AvgIpc) is 2.84. The number of hydrogen-bond acceptors (Lipinski definition) is 2. The van der Waals surface area contributed by atoms with Gasteiger partial charge in [-0.2, -0.15) is 0 Å². The standard InChI is InChI=1S/C22H18O2/c1-24-16-9-7-15(8-10-16)22-13-12-14(6-11-19(22)23)20-17-4-2-3-5-18(17)21(20)22/h2-14,20-21H,1H3/t14-,20-,21+,22+/m0/s1. The second-order valence-electron chi connectivity index (χ2n) is 6.89. The maximum absolute atomic E-state index is 13.2. The van der Waals surface area contributed by atoms with Crippen molar-refractivity contribution in [1.82, 2.24) is 0 Å². The van der Waals surface area contributed by atoms with E-state index in [2.05, 4.69) is 42.5 Å². The molecule has 6 rings (SSSR count). The van der Waals surface area contributed by atoms with E-state index in [1.54, 1.807) is 13.2 Å². The van der Waals surface area contributed by atoms with E-state index in [0.717, 1.165) is 11.3 Å². The van der Waals surface area contributed by atoms with Crippen molar-refractivity contribution in [3.05, 3.63) is 89.5 Å². The third-order valence-electron chi connectivity index (χ3n) is 5.98. The summed E-state index contributed by atoms with van der Waals surface area (Å²) in [6.07, 6.45) is 8.26. The topological polar surface area (TPSA) is 26.3 Å². The van der Waals surface area contributed by atoms with Gasteiger partial charge in [-0.1, -0.05) is 54.6 Å². The van der Waals surface area contributed by atoms with Crippen LogP contribution in [0, 0.1) is 5.92 Å². The molecule has 2 nitrogen and oxygen atoms in total. The Hall–Kier alpha value is -2.61. The molecule has 0 radical (unpaired) electrons. The van der Waals surface area contributed by atoms with Crippen LogP contribution in [0.2, 0.25) is 0 Å². The van der Waals surface area contributed by atoms with E-state index in [1.165, 1.54) is 11.1 Å². The van der Waals surface area contributed by atoms with Crippen LogP contribution in [-0.4, -0.2) is 12.9 Å². The first kappa shape index (κ1) is 13.8. The van der Waals surface area contributed by atoms with Gasteiger partial charge in [-0.3, -0.25) is 4.79 Å². The van der Waals surface area contributed by atoms with E-state index in [9.17, 15) is 4.79 Å². The van der Waals surface area contributed by atoms with Crippen LogP contribution in [0.5, 0.6) is 5.75 Å². The molecule has 2 aromatic rings. The maximum Gasteiger partial charge on any atom is 0.170 e. The van der Waals surface area contributed by atoms with E-state index < -0.39 is 5.41 Å². The normalized spacial score (nSPS) is 31.9. The molecule has 4 atom stereocenters. The van der Waals surface area contributed by atoms with Crippen LogP contribution in [0.25, 0.3) is 0 Å². The summed E-state index contributed by atoms with van der Waals surface area (Å²) in [6.45, 7) is 0. The molecule has 118 valence electrons. The van der Waals surface area contributed by atoms with Crippen LogP contribution in [0.4, 0.5) is 0 Å². The molecule has 4 aliphatic rings. The molecule has 2 heteroatoms. The Bertz CT molecular complexity index is 890. The Labute approximate surface area is 141 Å². The number of hydrogen-bond donors (Lipinski definition) is 0. The molecule has 2 aromatic carbocycles. The van der Waals surface area contributed by atoms with Crippen LogP contribution >= 0.6 is 0 Å². The molecule has 4 aliphatic carbocycles. The largest absolute Gasteiger partial charge is 0.497 e. The number of benzene rings is 2. The Morgan fingerprint density at radius 1 is 0.958 bits per heavy atom. The third kappa shape index (κ3) is 1.53. The summed E-state index contributed by atoms with van der Waals surface area (Å²) in [4.78, 5) is 13.2. The second kappa shape index (κ2) is 4.70. The number of ketones is 1. The molecule has 0 aromatic heterocycles. The highest BCUT2D eigenvalue weighted by molar-refractivity contribution is 6.03. The van der Waals surface area contributed by atoms with Gasteiger partial charge in [0.15, 0.2) is 5.78 Å². The number of rotatable bonds is 2. The van der Waals surface area contributed by atoms with E-state index in [1.807, 2.05) is 24.3 Å². The highest BCUT2D eigenvalue weighted by Crippen LogP contribution is 2.64. The van der Waals surface area contributed by atoms with Gasteiger partial charge in [-0.15, -0.1) is 0 Å². The van der Waals surface area contributed by atoms with Crippen LogP contribution < -0.4 is 4.74 Å². The zero-order chi connectivity index (χ0) is 16.3. The molecule has 0 saturated heterocycles. The van der Waals surface area contributed by atoms with Gasteiger partial charge in [0.1, 0.15) is 5.75 Å². The van der Waals surface area contributed by atoms with Gasteiger partial charge in [0.05, 0.1) is 12.5 Å². The van der Waals surface area contributed by atoms with Crippen molar-refractivity contribution < 1.29 is 9.53 Å². The predicted octanol–water partition coefficient (Wildman–Crippen LogP) is 4.14. The summed E-state index contributed by atoms with van der Waals surface area (Å²) >= 11 is 0. The summed E-state index contributed by atoms with van der Waals surface area (Å²) < 4.78 is 5.29. The van der Waals surface area contributed by atoms with Crippen molar-refractivity contribution in [2.24, 2.45) is 5.92 Å². The fourth-order valence-corrected chi connectivity index (χ4v) is 4.86. The molecule has 24 heavy (non-hydrogen) atoms. The van der Waals surface area contributed by atoms with Crippen molar-refractivity contribution in [3.8, 4) is 5.75 Å². The van der Waals surface area contributed by atoms with E-state index in [-0.39, 0.29) is 11.7 Å². The molecule has 0 saturated carbocycles. The predicted molar refractivity (Wildman–Crippen MR) is 93.4 cm³/mol. The van der Waals surface area contributed by atoms with Gasteiger partial charge < -0.3 is 4.74 Å². The number of carbonyl (C=O) groups excluding carboxylic acids is 1. The number of ether oxygens (including phenoxy) is 1. The van der Waals surface area contributed by atoms with E-state index >= 15 is 0 Å². The van der Waals surface area contributed by atoms with Crippen LogP contribution in [0.1, 0.15) is 28.5 Å². The first-order valence-electron chi connectivity index (χ1n) is 8.41. The second-order valence-corrected chi connectivity index (χ2v) is 6.89. The summed E-state index contributed by atoms with van der Waals surface area (Å²) in [5.41, 5.74) is 3.19. The Morgan fingerprint density at radius 3 is 2.46 bits per heavy atom. The zero-order valence-corrected chi connectivity index (χ0v) is 13.5. The lowest BCUT2D eigenvalue weighted by Gasteiger charge is -2.52. The van der Waals surface area contributed by atoms with E-state index in [4.69, 9.17) is 4.74 Å². The Kier molecular flexibility index (Phi) is 2.70. The van der Waals surface area contributed by atoms with Crippen LogP contribution in [-0.2, 0) is 10.2 Å². The fraction of sp³-hybridized carbons (Fsp3) is 0.227. The van der Waals surface area contributed by atoms with Crippen molar-refractivity contribution in [3.63, 3.8) is 0 Å². The Balaban J connectivity index is 1.75. The van der Waals surface area contributed by atoms with Crippen molar-refractivity contribution in [2.75, 3.05) is 7.11 Å². The summed E-state index contributed by atoms with van der Waals surface area (Å²) in [5.74, 6) is 1.95. The van der Waals surface area contributed by atoms with Gasteiger partial charge >= 0.3 is 0 Å². The highest BCUT2D eigenvalue weighted by atomic mass is 16.5. The Morgan fingerprint density at radius 2 is 1.71 bits per heavy atom. The monoisotopic (exact) mass is 314 g/mol. The first-order valence-corrected chi connectivity index (χ1v) is 8.41. The highest BCUT2D eigenvalue weighted by Gasteiger charge is 2.58. The summed E-state index contributed by atoms with van der Waals surface area (Å²) in [7, 11) is 1.66. The lowest BCUT2D eigenvalue weighted by molar-refractivity contribution is -0.119. The quantitative estimate of drug-likeness (QED) is 0.779. The molecule has 0 N–H and O–H groups in total. The average molecular weight is 314 g/mol. The molecule has 0 spiro atoms. The zero-order valence-electron chi connectivity index (χ0n) is 13.5. The molecule has 0 aliphatic heterocycles. The summed E-state index contributed by atoms with van der Waals surface area (Å²) in [5, 5.41) is 0. The number of carbonyl (C=O) groups is 1. The summed E-state index contributed by atoms with van der Waals surface area (Å²) in [6, 6.07) is 16.6. The fourth-order valence-electron chi connectivity index (χ4n) is 4.86. The minimum absolute atomic E-state index is 0.188. The van der Waals surface area contributed by atoms with Gasteiger partial charge in [-0.05, 0) is 34.9 Å². The number of allylic oxidation sites excluding steroid dienone is 4. The van der Waals surface area contributed by atoms with Crippen molar-refractivity contribution in [2.45, 2.75) is 17.3 Å². The molecule has 2 bridgehead atoms. The van der Waals surface area contributed by atoms with Crippen molar-refractivity contribution in [1.29, 1.82) is 0 Å². The first-order chi connectivity index (χ1) is 11.8. The van der Waals surface area contributed by atoms with E-state index in [0.29, 0.717) is 11.8 Å². The van der Waals surface area contributed by atoms with Gasteiger partial charge in [-0.25, -0.2) is 0 Å². The maximum atomic E-state index is 13.2.